The molecular formula is C14H19F2NO. The molecule has 1 N–H and O–H groups in total. The standard InChI is InChI=1S/C14H19F2NO/c1-10(13-3-2-12(15)8-14(13)16)17-6-4-11(9-18)5-7-17/h2-3,8,10-11,18H,4-7,9H2,1H3. The van der Waals surface area contributed by atoms with Crippen molar-refractivity contribution in [2.45, 2.75) is 25.8 Å². The third kappa shape index (κ3) is 2.87. The van der Waals surface area contributed by atoms with E-state index in [4.69, 9.17) is 5.11 Å². The summed E-state index contributed by atoms with van der Waals surface area (Å²) < 4.78 is 26.6. The zero-order valence-electron chi connectivity index (χ0n) is 10.6. The minimum atomic E-state index is -0.539. The number of piperidine rings is 1. The van der Waals surface area contributed by atoms with Gasteiger partial charge in [0.15, 0.2) is 0 Å². The van der Waals surface area contributed by atoms with Crippen LogP contribution in [0.15, 0.2) is 18.2 Å². The van der Waals surface area contributed by atoms with Gasteiger partial charge in [0.25, 0.3) is 0 Å². The zero-order chi connectivity index (χ0) is 13.1. The lowest BCUT2D eigenvalue weighted by atomic mass is 9.95. The Morgan fingerprint density at radius 1 is 1.33 bits per heavy atom. The number of hydrogen-bond acceptors (Lipinski definition) is 2. The van der Waals surface area contributed by atoms with Crippen molar-refractivity contribution in [1.29, 1.82) is 0 Å². The molecule has 1 heterocycles. The van der Waals surface area contributed by atoms with Gasteiger partial charge in [0.05, 0.1) is 0 Å². The van der Waals surface area contributed by atoms with Crippen LogP contribution in [-0.2, 0) is 0 Å². The van der Waals surface area contributed by atoms with E-state index in [9.17, 15) is 8.78 Å². The summed E-state index contributed by atoms with van der Waals surface area (Å²) in [5.41, 5.74) is 0.541. The second kappa shape index (κ2) is 5.76. The second-order valence-corrected chi connectivity index (χ2v) is 5.00. The lowest BCUT2D eigenvalue weighted by molar-refractivity contribution is 0.105. The summed E-state index contributed by atoms with van der Waals surface area (Å²) >= 11 is 0. The smallest absolute Gasteiger partial charge is 0.130 e. The van der Waals surface area contributed by atoms with E-state index < -0.39 is 11.6 Å². The van der Waals surface area contributed by atoms with Gasteiger partial charge in [-0.25, -0.2) is 8.78 Å². The van der Waals surface area contributed by atoms with Gasteiger partial charge in [-0.15, -0.1) is 0 Å². The Bertz CT molecular complexity index is 403. The monoisotopic (exact) mass is 255 g/mol. The van der Waals surface area contributed by atoms with E-state index in [0.717, 1.165) is 32.0 Å². The van der Waals surface area contributed by atoms with Crippen LogP contribution in [0.2, 0.25) is 0 Å². The first-order valence-electron chi connectivity index (χ1n) is 6.41. The first-order valence-corrected chi connectivity index (χ1v) is 6.41. The first-order chi connectivity index (χ1) is 8.61. The van der Waals surface area contributed by atoms with Gasteiger partial charge in [-0.1, -0.05) is 6.07 Å². The van der Waals surface area contributed by atoms with Crippen molar-refractivity contribution in [1.82, 2.24) is 4.90 Å². The molecule has 0 aromatic heterocycles. The summed E-state index contributed by atoms with van der Waals surface area (Å²) in [5, 5.41) is 9.09. The van der Waals surface area contributed by atoms with Crippen molar-refractivity contribution in [2.75, 3.05) is 19.7 Å². The van der Waals surface area contributed by atoms with E-state index in [1.54, 1.807) is 0 Å². The molecule has 2 nitrogen and oxygen atoms in total. The van der Waals surface area contributed by atoms with Crippen LogP contribution in [0.1, 0.15) is 31.4 Å². The molecule has 18 heavy (non-hydrogen) atoms. The molecule has 0 spiro atoms. The van der Waals surface area contributed by atoms with Crippen LogP contribution in [0.4, 0.5) is 8.78 Å². The Kier molecular flexibility index (Phi) is 4.30. The van der Waals surface area contributed by atoms with Gasteiger partial charge in [0.2, 0.25) is 0 Å². The highest BCUT2D eigenvalue weighted by molar-refractivity contribution is 5.21. The molecule has 4 heteroatoms. The Balaban J connectivity index is 2.05. The molecule has 0 amide bonds. The number of likely N-dealkylation sites (tertiary alicyclic amines) is 1. The Labute approximate surface area is 106 Å². The van der Waals surface area contributed by atoms with E-state index in [-0.39, 0.29) is 12.6 Å². The molecule has 1 saturated heterocycles. The van der Waals surface area contributed by atoms with E-state index in [0.29, 0.717) is 11.5 Å². The molecule has 1 atom stereocenters. The van der Waals surface area contributed by atoms with Gasteiger partial charge in [0.1, 0.15) is 11.6 Å². The molecule has 1 aromatic carbocycles. The normalized spacial score (nSPS) is 20.0. The fourth-order valence-electron chi connectivity index (χ4n) is 2.56. The molecular weight excluding hydrogens is 236 g/mol. The van der Waals surface area contributed by atoms with Crippen molar-refractivity contribution in [3.8, 4) is 0 Å². The van der Waals surface area contributed by atoms with E-state index >= 15 is 0 Å². The highest BCUT2D eigenvalue weighted by atomic mass is 19.1. The van der Waals surface area contributed by atoms with Crippen molar-refractivity contribution >= 4 is 0 Å². The summed E-state index contributed by atoms with van der Waals surface area (Å²) in [6, 6.07) is 3.71. The highest BCUT2D eigenvalue weighted by Crippen LogP contribution is 2.28. The number of rotatable bonds is 3. The van der Waals surface area contributed by atoms with E-state index in [1.807, 2.05) is 6.92 Å². The van der Waals surface area contributed by atoms with Gasteiger partial charge < -0.3 is 5.11 Å². The van der Waals surface area contributed by atoms with Crippen LogP contribution < -0.4 is 0 Å². The molecule has 1 aromatic rings. The molecule has 100 valence electrons. The lowest BCUT2D eigenvalue weighted by Gasteiger charge is -2.35. The molecule has 1 aliphatic rings. The maximum absolute atomic E-state index is 13.7. The number of benzene rings is 1. The fraction of sp³-hybridized carbons (Fsp3) is 0.571. The van der Waals surface area contributed by atoms with E-state index in [2.05, 4.69) is 4.90 Å². The number of nitrogens with zero attached hydrogens (tertiary/aromatic N) is 1. The van der Waals surface area contributed by atoms with Gasteiger partial charge in [-0.3, -0.25) is 4.90 Å². The summed E-state index contributed by atoms with van der Waals surface area (Å²) in [4.78, 5) is 2.18. The first kappa shape index (κ1) is 13.4. The van der Waals surface area contributed by atoms with Crippen molar-refractivity contribution < 1.29 is 13.9 Å². The highest BCUT2D eigenvalue weighted by Gasteiger charge is 2.24. The van der Waals surface area contributed by atoms with Crippen molar-refractivity contribution in [3.05, 3.63) is 35.4 Å². The Morgan fingerprint density at radius 3 is 2.56 bits per heavy atom. The van der Waals surface area contributed by atoms with Crippen molar-refractivity contribution in [2.24, 2.45) is 5.92 Å². The molecule has 1 fully saturated rings. The number of halogens is 2. The molecule has 1 aliphatic heterocycles. The number of aliphatic hydroxyl groups excluding tert-OH is 1. The van der Waals surface area contributed by atoms with Crippen LogP contribution in [-0.4, -0.2) is 29.7 Å². The minimum Gasteiger partial charge on any atom is -0.396 e. The molecule has 0 saturated carbocycles. The summed E-state index contributed by atoms with van der Waals surface area (Å²) in [6.07, 6.45) is 1.87. The minimum absolute atomic E-state index is 0.0507. The predicted octanol–water partition coefficient (Wildman–Crippen LogP) is 2.73. The molecule has 1 unspecified atom stereocenters. The maximum Gasteiger partial charge on any atom is 0.130 e. The molecule has 0 bridgehead atoms. The third-order valence-electron chi connectivity index (χ3n) is 3.87. The third-order valence-corrected chi connectivity index (χ3v) is 3.87. The van der Waals surface area contributed by atoms with Gasteiger partial charge in [0, 0.05) is 24.3 Å². The SMILES string of the molecule is CC(c1ccc(F)cc1F)N1CCC(CO)CC1. The number of hydrogen-bond donors (Lipinski definition) is 1. The topological polar surface area (TPSA) is 23.5 Å². The van der Waals surface area contributed by atoms with Crippen LogP contribution in [0, 0.1) is 17.6 Å². The molecule has 2 rings (SSSR count). The largest absolute Gasteiger partial charge is 0.396 e. The fourth-order valence-corrected chi connectivity index (χ4v) is 2.56. The van der Waals surface area contributed by atoms with Crippen LogP contribution in [0.25, 0.3) is 0 Å². The average Bonchev–Trinajstić information content (AvgIpc) is 2.38. The van der Waals surface area contributed by atoms with Crippen LogP contribution in [0.3, 0.4) is 0 Å². The Hall–Kier alpha value is -1.00. The van der Waals surface area contributed by atoms with Gasteiger partial charge in [-0.2, -0.15) is 0 Å². The summed E-state index contributed by atoms with van der Waals surface area (Å²) in [7, 11) is 0. The predicted molar refractivity (Wildman–Crippen MR) is 66.2 cm³/mol. The van der Waals surface area contributed by atoms with Crippen LogP contribution >= 0.6 is 0 Å². The summed E-state index contributed by atoms with van der Waals surface area (Å²) in [5.74, 6) is -0.652. The zero-order valence-corrected chi connectivity index (χ0v) is 10.6. The average molecular weight is 255 g/mol. The maximum atomic E-state index is 13.7. The Morgan fingerprint density at radius 2 is 2.00 bits per heavy atom. The van der Waals surface area contributed by atoms with Gasteiger partial charge >= 0.3 is 0 Å². The molecule has 0 aliphatic carbocycles. The van der Waals surface area contributed by atoms with E-state index in [1.165, 1.54) is 12.1 Å². The lowest BCUT2D eigenvalue weighted by Crippen LogP contribution is -2.36. The second-order valence-electron chi connectivity index (χ2n) is 5.00. The summed E-state index contributed by atoms with van der Waals surface area (Å²) in [6.45, 7) is 3.87. The van der Waals surface area contributed by atoms with Crippen molar-refractivity contribution in [3.63, 3.8) is 0 Å². The van der Waals surface area contributed by atoms with Crippen LogP contribution in [0.5, 0.6) is 0 Å². The quantitative estimate of drug-likeness (QED) is 0.897. The molecule has 0 radical (unpaired) electrons. The van der Waals surface area contributed by atoms with Gasteiger partial charge in [-0.05, 0) is 44.8 Å². The number of aliphatic hydroxyl groups is 1.